The zero-order valence-corrected chi connectivity index (χ0v) is 10.1. The van der Waals surface area contributed by atoms with Crippen LogP contribution in [-0.4, -0.2) is 32.0 Å². The van der Waals surface area contributed by atoms with E-state index in [4.69, 9.17) is 0 Å². The summed E-state index contributed by atoms with van der Waals surface area (Å²) in [5.41, 5.74) is 0. The third-order valence-corrected chi connectivity index (χ3v) is 3.42. The van der Waals surface area contributed by atoms with Gasteiger partial charge in [0.1, 0.15) is 0 Å². The van der Waals surface area contributed by atoms with Crippen LogP contribution in [0.3, 0.4) is 0 Å². The first kappa shape index (κ1) is 8.34. The summed E-state index contributed by atoms with van der Waals surface area (Å²) >= 11 is 5.23. The molecule has 0 bridgehead atoms. The summed E-state index contributed by atoms with van der Waals surface area (Å²) in [5.74, 6) is 0. The van der Waals surface area contributed by atoms with Gasteiger partial charge in [-0.25, -0.2) is 0 Å². The van der Waals surface area contributed by atoms with Gasteiger partial charge in [-0.1, -0.05) is 0 Å². The molecule has 0 aliphatic carbocycles. The van der Waals surface area contributed by atoms with Crippen molar-refractivity contribution in [2.24, 2.45) is 0 Å². The van der Waals surface area contributed by atoms with Gasteiger partial charge in [0.2, 0.25) is 0 Å². The van der Waals surface area contributed by atoms with E-state index in [0.29, 0.717) is 0 Å². The van der Waals surface area contributed by atoms with E-state index in [1.54, 1.807) is 0 Å². The van der Waals surface area contributed by atoms with Crippen molar-refractivity contribution in [3.8, 4) is 0 Å². The summed E-state index contributed by atoms with van der Waals surface area (Å²) in [4.78, 5) is 0. The minimum absolute atomic E-state index is 1.29. The SMILES string of the molecule is [SeH]c1cccc2cccc([SeH])c12. The Balaban J connectivity index is 2.96. The fourth-order valence-corrected chi connectivity index (χ4v) is 3.13. The van der Waals surface area contributed by atoms with Gasteiger partial charge in [0.15, 0.2) is 0 Å². The third kappa shape index (κ3) is 1.32. The van der Waals surface area contributed by atoms with Gasteiger partial charge in [-0.05, 0) is 0 Å². The van der Waals surface area contributed by atoms with Gasteiger partial charge in [-0.2, -0.15) is 0 Å². The topological polar surface area (TPSA) is 0 Å². The number of hydrogen-bond donors (Lipinski definition) is 0. The zero-order valence-electron chi connectivity index (χ0n) is 6.36. The zero-order chi connectivity index (χ0) is 8.55. The predicted octanol–water partition coefficient (Wildman–Crippen LogP) is -0.108. The summed E-state index contributed by atoms with van der Waals surface area (Å²) in [6, 6.07) is 12.7. The fraction of sp³-hybridized carbons (Fsp3) is 0. The van der Waals surface area contributed by atoms with Crippen LogP contribution in [0.5, 0.6) is 0 Å². The van der Waals surface area contributed by atoms with E-state index < -0.39 is 0 Å². The molecule has 60 valence electrons. The van der Waals surface area contributed by atoms with Gasteiger partial charge in [0.25, 0.3) is 0 Å². The maximum absolute atomic E-state index is 2.61. The average molecular weight is 286 g/mol. The summed E-state index contributed by atoms with van der Waals surface area (Å²) < 4.78 is 2.58. The van der Waals surface area contributed by atoms with Gasteiger partial charge < -0.3 is 0 Å². The Morgan fingerprint density at radius 2 is 1.25 bits per heavy atom. The summed E-state index contributed by atoms with van der Waals surface area (Å²) in [6.07, 6.45) is 0. The Morgan fingerprint density at radius 1 is 0.750 bits per heavy atom. The van der Waals surface area contributed by atoms with Crippen LogP contribution in [0.1, 0.15) is 0 Å². The predicted molar refractivity (Wildman–Crippen MR) is 57.5 cm³/mol. The van der Waals surface area contributed by atoms with Crippen molar-refractivity contribution in [1.82, 2.24) is 0 Å². The summed E-state index contributed by atoms with van der Waals surface area (Å²) in [7, 11) is 0. The van der Waals surface area contributed by atoms with E-state index in [1.807, 2.05) is 0 Å². The van der Waals surface area contributed by atoms with E-state index in [9.17, 15) is 0 Å². The number of benzene rings is 2. The molecule has 0 heterocycles. The van der Waals surface area contributed by atoms with Crippen LogP contribution in [0, 0.1) is 0 Å². The minimum atomic E-state index is 1.29. The van der Waals surface area contributed by atoms with Crippen molar-refractivity contribution in [3.63, 3.8) is 0 Å². The molecule has 0 unspecified atom stereocenters. The van der Waals surface area contributed by atoms with Crippen LogP contribution >= 0.6 is 0 Å². The Bertz CT molecular complexity index is 384. The fourth-order valence-electron chi connectivity index (χ4n) is 1.30. The van der Waals surface area contributed by atoms with E-state index >= 15 is 0 Å². The normalized spacial score (nSPS) is 10.5. The molecule has 0 N–H and O–H groups in total. The molecule has 0 spiro atoms. The van der Waals surface area contributed by atoms with Crippen LogP contribution < -0.4 is 8.92 Å². The first-order valence-corrected chi connectivity index (χ1v) is 5.56. The molecule has 0 aliphatic heterocycles. The summed E-state index contributed by atoms with van der Waals surface area (Å²) in [5, 5.41) is 2.66. The molecule has 0 fully saturated rings. The molecule has 0 atom stereocenters. The van der Waals surface area contributed by atoms with Crippen LogP contribution in [0.15, 0.2) is 36.4 Å². The Kier molecular flexibility index (Phi) is 2.25. The molecular weight excluding hydrogens is 278 g/mol. The standard InChI is InChI=1S/C10H8Se2/c11-8-5-1-3-7-4-2-6-9(12)10(7)8/h1-6,11-12H. The van der Waals surface area contributed by atoms with Crippen molar-refractivity contribution in [3.05, 3.63) is 36.4 Å². The second kappa shape index (κ2) is 3.24. The Hall–Kier alpha value is -0.261. The molecule has 0 saturated carbocycles. The first-order valence-electron chi connectivity index (χ1n) is 3.69. The van der Waals surface area contributed by atoms with E-state index in [2.05, 4.69) is 68.4 Å². The Labute approximate surface area is 88.0 Å². The molecule has 0 aliphatic rings. The van der Waals surface area contributed by atoms with Crippen molar-refractivity contribution in [1.29, 1.82) is 0 Å². The van der Waals surface area contributed by atoms with E-state index in [1.165, 1.54) is 19.7 Å². The molecule has 0 saturated heterocycles. The van der Waals surface area contributed by atoms with Crippen molar-refractivity contribution in [2.45, 2.75) is 0 Å². The molecule has 0 nitrogen and oxygen atoms in total. The van der Waals surface area contributed by atoms with Crippen molar-refractivity contribution in [2.75, 3.05) is 0 Å². The van der Waals surface area contributed by atoms with Crippen LogP contribution in [0.25, 0.3) is 10.8 Å². The van der Waals surface area contributed by atoms with Crippen molar-refractivity contribution < 1.29 is 0 Å². The molecule has 0 aromatic heterocycles. The van der Waals surface area contributed by atoms with Gasteiger partial charge in [0.05, 0.1) is 0 Å². The Morgan fingerprint density at radius 3 is 1.67 bits per heavy atom. The van der Waals surface area contributed by atoms with Crippen molar-refractivity contribution >= 4 is 51.7 Å². The number of fused-ring (bicyclic) bond motifs is 1. The second-order valence-corrected chi connectivity index (χ2v) is 4.67. The van der Waals surface area contributed by atoms with Gasteiger partial charge in [-0.15, -0.1) is 0 Å². The quantitative estimate of drug-likeness (QED) is 0.593. The molecule has 2 aromatic carbocycles. The van der Waals surface area contributed by atoms with Crippen LogP contribution in [0.2, 0.25) is 0 Å². The molecule has 2 heteroatoms. The first-order chi connectivity index (χ1) is 5.79. The van der Waals surface area contributed by atoms with Gasteiger partial charge >= 0.3 is 88.1 Å². The third-order valence-electron chi connectivity index (χ3n) is 1.86. The molecule has 0 amide bonds. The monoisotopic (exact) mass is 288 g/mol. The van der Waals surface area contributed by atoms with Crippen LogP contribution in [0.4, 0.5) is 0 Å². The van der Waals surface area contributed by atoms with E-state index in [0.717, 1.165) is 0 Å². The van der Waals surface area contributed by atoms with Gasteiger partial charge in [-0.3, -0.25) is 0 Å². The molecule has 0 radical (unpaired) electrons. The van der Waals surface area contributed by atoms with Gasteiger partial charge in [0, 0.05) is 0 Å². The molecular formula is C10H8Se2. The molecule has 12 heavy (non-hydrogen) atoms. The molecule has 2 rings (SSSR count). The van der Waals surface area contributed by atoms with E-state index in [-0.39, 0.29) is 0 Å². The van der Waals surface area contributed by atoms with Crippen LogP contribution in [-0.2, 0) is 0 Å². The second-order valence-electron chi connectivity index (χ2n) is 2.65. The molecule has 2 aromatic rings. The number of rotatable bonds is 0. The summed E-state index contributed by atoms with van der Waals surface area (Å²) in [6.45, 7) is 0. The average Bonchev–Trinajstić information content (AvgIpc) is 2.04. The maximum atomic E-state index is 2.61. The number of hydrogen-bond acceptors (Lipinski definition) is 0.